The molecule has 0 fully saturated rings. The van der Waals surface area contributed by atoms with Gasteiger partial charge in [-0.2, -0.15) is 0 Å². The SMILES string of the molecule is CC(=O)N1c2ccc(-c3ccc(C=O)cc3)cc2C(N(C(=O)O)C(C)C)CC1C. The molecule has 1 aliphatic heterocycles. The molecule has 0 aliphatic carbocycles. The molecule has 0 saturated carbocycles. The van der Waals surface area contributed by atoms with E-state index < -0.39 is 6.09 Å². The summed E-state index contributed by atoms with van der Waals surface area (Å²) in [4.78, 5) is 38.4. The number of anilines is 1. The topological polar surface area (TPSA) is 77.9 Å². The molecule has 1 aliphatic rings. The lowest BCUT2D eigenvalue weighted by atomic mass is 9.87. The average molecular weight is 394 g/mol. The van der Waals surface area contributed by atoms with Gasteiger partial charge in [0.05, 0.1) is 6.04 Å². The van der Waals surface area contributed by atoms with E-state index in [0.29, 0.717) is 12.0 Å². The summed E-state index contributed by atoms with van der Waals surface area (Å²) in [6, 6.07) is 12.4. The van der Waals surface area contributed by atoms with Gasteiger partial charge in [-0.25, -0.2) is 4.79 Å². The first-order valence-corrected chi connectivity index (χ1v) is 9.75. The molecule has 2 atom stereocenters. The maximum absolute atomic E-state index is 12.3. The summed E-state index contributed by atoms with van der Waals surface area (Å²) >= 11 is 0. The molecule has 2 unspecified atom stereocenters. The van der Waals surface area contributed by atoms with Gasteiger partial charge in [0.1, 0.15) is 6.29 Å². The predicted molar refractivity (Wildman–Crippen MR) is 112 cm³/mol. The van der Waals surface area contributed by atoms with Crippen molar-refractivity contribution in [1.82, 2.24) is 4.90 Å². The van der Waals surface area contributed by atoms with Gasteiger partial charge >= 0.3 is 6.09 Å². The fourth-order valence-corrected chi connectivity index (χ4v) is 4.22. The fraction of sp³-hybridized carbons (Fsp3) is 0.348. The Morgan fingerprint density at radius 1 is 1.14 bits per heavy atom. The summed E-state index contributed by atoms with van der Waals surface area (Å²) in [6.45, 7) is 7.20. The molecular formula is C23H26N2O4. The Balaban J connectivity index is 2.16. The van der Waals surface area contributed by atoms with Gasteiger partial charge in [0.15, 0.2) is 0 Å². The number of benzene rings is 2. The van der Waals surface area contributed by atoms with Crippen LogP contribution in [-0.4, -0.2) is 40.4 Å². The molecule has 3 rings (SSSR count). The molecule has 1 N–H and O–H groups in total. The summed E-state index contributed by atoms with van der Waals surface area (Å²) in [6.07, 6.45) is 0.358. The van der Waals surface area contributed by atoms with Gasteiger partial charge in [0, 0.05) is 30.3 Å². The molecule has 2 amide bonds. The van der Waals surface area contributed by atoms with Crippen LogP contribution in [0.2, 0.25) is 0 Å². The molecule has 0 aromatic heterocycles. The molecule has 152 valence electrons. The fourth-order valence-electron chi connectivity index (χ4n) is 4.22. The Morgan fingerprint density at radius 2 is 1.76 bits per heavy atom. The van der Waals surface area contributed by atoms with Crippen LogP contribution in [0.5, 0.6) is 0 Å². The molecule has 29 heavy (non-hydrogen) atoms. The van der Waals surface area contributed by atoms with Crippen LogP contribution in [0.15, 0.2) is 42.5 Å². The van der Waals surface area contributed by atoms with Crippen molar-refractivity contribution in [1.29, 1.82) is 0 Å². The van der Waals surface area contributed by atoms with Crippen molar-refractivity contribution in [3.05, 3.63) is 53.6 Å². The quantitative estimate of drug-likeness (QED) is 0.760. The third-order valence-corrected chi connectivity index (χ3v) is 5.48. The smallest absolute Gasteiger partial charge is 0.408 e. The largest absolute Gasteiger partial charge is 0.465 e. The van der Waals surface area contributed by atoms with Crippen LogP contribution in [-0.2, 0) is 4.79 Å². The monoisotopic (exact) mass is 394 g/mol. The van der Waals surface area contributed by atoms with E-state index in [1.165, 1.54) is 11.8 Å². The summed E-state index contributed by atoms with van der Waals surface area (Å²) in [5.74, 6) is -0.0632. The lowest BCUT2D eigenvalue weighted by Gasteiger charge is -2.43. The Labute approximate surface area is 170 Å². The molecule has 0 bridgehead atoms. The maximum Gasteiger partial charge on any atom is 0.408 e. The molecule has 2 aromatic rings. The lowest BCUT2D eigenvalue weighted by Crippen LogP contribution is -2.48. The Bertz CT molecular complexity index is 936. The average Bonchev–Trinajstić information content (AvgIpc) is 2.67. The van der Waals surface area contributed by atoms with Crippen LogP contribution in [0.3, 0.4) is 0 Å². The van der Waals surface area contributed by atoms with Crippen LogP contribution in [0, 0.1) is 0 Å². The Hall–Kier alpha value is -3.15. The zero-order valence-corrected chi connectivity index (χ0v) is 17.1. The lowest BCUT2D eigenvalue weighted by molar-refractivity contribution is -0.117. The number of nitrogens with zero attached hydrogens (tertiary/aromatic N) is 2. The predicted octanol–water partition coefficient (Wildman–Crippen LogP) is 4.74. The summed E-state index contributed by atoms with van der Waals surface area (Å²) < 4.78 is 0. The Kier molecular flexibility index (Phi) is 5.73. The highest BCUT2D eigenvalue weighted by molar-refractivity contribution is 5.94. The number of carbonyl (C=O) groups excluding carboxylic acids is 2. The molecule has 0 spiro atoms. The van der Waals surface area contributed by atoms with E-state index in [0.717, 1.165) is 28.7 Å². The highest BCUT2D eigenvalue weighted by atomic mass is 16.4. The number of hydrogen-bond donors (Lipinski definition) is 1. The minimum absolute atomic E-state index is 0.0632. The molecular weight excluding hydrogens is 368 g/mol. The van der Waals surface area contributed by atoms with E-state index in [4.69, 9.17) is 0 Å². The van der Waals surface area contributed by atoms with E-state index in [9.17, 15) is 19.5 Å². The van der Waals surface area contributed by atoms with Crippen LogP contribution in [0.25, 0.3) is 11.1 Å². The van der Waals surface area contributed by atoms with Gasteiger partial charge < -0.3 is 10.0 Å². The van der Waals surface area contributed by atoms with Crippen LogP contribution in [0.1, 0.15) is 56.1 Å². The number of carboxylic acid groups (broad SMARTS) is 1. The third-order valence-electron chi connectivity index (χ3n) is 5.48. The van der Waals surface area contributed by atoms with Gasteiger partial charge in [-0.1, -0.05) is 30.3 Å². The molecule has 6 nitrogen and oxygen atoms in total. The van der Waals surface area contributed by atoms with Crippen molar-refractivity contribution in [3.8, 4) is 11.1 Å². The summed E-state index contributed by atoms with van der Waals surface area (Å²) in [5, 5.41) is 9.84. The van der Waals surface area contributed by atoms with Crippen molar-refractivity contribution in [2.75, 3.05) is 4.90 Å². The molecule has 2 aromatic carbocycles. The number of fused-ring (bicyclic) bond motifs is 1. The second-order valence-corrected chi connectivity index (χ2v) is 7.79. The molecule has 0 saturated heterocycles. The van der Waals surface area contributed by atoms with Gasteiger partial charge in [0.2, 0.25) is 5.91 Å². The van der Waals surface area contributed by atoms with Gasteiger partial charge in [-0.15, -0.1) is 0 Å². The van der Waals surface area contributed by atoms with Crippen LogP contribution < -0.4 is 4.90 Å². The molecule has 0 radical (unpaired) electrons. The maximum atomic E-state index is 12.3. The number of aldehydes is 1. The second kappa shape index (κ2) is 8.07. The number of hydrogen-bond acceptors (Lipinski definition) is 3. The van der Waals surface area contributed by atoms with E-state index >= 15 is 0 Å². The number of rotatable bonds is 4. The van der Waals surface area contributed by atoms with Crippen molar-refractivity contribution >= 4 is 24.0 Å². The highest BCUT2D eigenvalue weighted by Crippen LogP contribution is 2.43. The van der Waals surface area contributed by atoms with Gasteiger partial charge in [-0.05, 0) is 56.0 Å². The van der Waals surface area contributed by atoms with Crippen molar-refractivity contribution in [3.63, 3.8) is 0 Å². The van der Waals surface area contributed by atoms with Gasteiger partial charge in [0.25, 0.3) is 0 Å². The standard InChI is InChI=1S/C23H26N2O4/c1-14(2)24(23(28)29)22-11-15(3)25(16(4)27)21-10-9-19(12-20(21)22)18-7-5-17(13-26)6-8-18/h5-10,12-15,22H,11H2,1-4H3,(H,28,29). The van der Waals surface area contributed by atoms with Crippen LogP contribution >= 0.6 is 0 Å². The van der Waals surface area contributed by atoms with E-state index in [2.05, 4.69) is 0 Å². The normalized spacial score (nSPS) is 18.3. The van der Waals surface area contributed by atoms with Crippen molar-refractivity contribution in [2.45, 2.75) is 52.2 Å². The Morgan fingerprint density at radius 3 is 2.28 bits per heavy atom. The zero-order valence-electron chi connectivity index (χ0n) is 17.1. The zero-order chi connectivity index (χ0) is 21.3. The second-order valence-electron chi connectivity index (χ2n) is 7.79. The van der Waals surface area contributed by atoms with Crippen molar-refractivity contribution in [2.24, 2.45) is 0 Å². The highest BCUT2D eigenvalue weighted by Gasteiger charge is 2.38. The van der Waals surface area contributed by atoms with Crippen LogP contribution in [0.4, 0.5) is 10.5 Å². The van der Waals surface area contributed by atoms with E-state index in [1.807, 2.05) is 51.1 Å². The van der Waals surface area contributed by atoms with Crippen molar-refractivity contribution < 1.29 is 19.5 Å². The summed E-state index contributed by atoms with van der Waals surface area (Å²) in [7, 11) is 0. The minimum atomic E-state index is -0.972. The molecule has 1 heterocycles. The van der Waals surface area contributed by atoms with E-state index in [-0.39, 0.29) is 24.0 Å². The summed E-state index contributed by atoms with van der Waals surface area (Å²) in [5.41, 5.74) is 4.01. The van der Waals surface area contributed by atoms with E-state index in [1.54, 1.807) is 17.0 Å². The first-order chi connectivity index (χ1) is 13.7. The number of carbonyl (C=O) groups is 3. The minimum Gasteiger partial charge on any atom is -0.465 e. The van der Waals surface area contributed by atoms with Gasteiger partial charge in [-0.3, -0.25) is 14.5 Å². The third kappa shape index (κ3) is 3.88. The number of amides is 2. The molecule has 6 heteroatoms. The first-order valence-electron chi connectivity index (χ1n) is 9.75. The first kappa shape index (κ1) is 20.6.